The van der Waals surface area contributed by atoms with Gasteiger partial charge in [0, 0.05) is 13.1 Å². The minimum absolute atomic E-state index is 0.0410. The van der Waals surface area contributed by atoms with E-state index in [2.05, 4.69) is 6.92 Å². The van der Waals surface area contributed by atoms with Gasteiger partial charge in [-0.25, -0.2) is 13.2 Å². The Kier molecular flexibility index (Phi) is 4.60. The van der Waals surface area contributed by atoms with Crippen molar-refractivity contribution in [3.8, 4) is 0 Å². The monoisotopic (exact) mass is 331 g/mol. The lowest BCUT2D eigenvalue weighted by Crippen LogP contribution is -2.42. The summed E-state index contributed by atoms with van der Waals surface area (Å²) < 4.78 is 26.6. The molecule has 2 rings (SSSR count). The van der Waals surface area contributed by atoms with Crippen LogP contribution in [-0.2, 0) is 10.0 Å². The van der Waals surface area contributed by atoms with Crippen LogP contribution < -0.4 is 0 Å². The molecule has 1 N–H and O–H groups in total. The molecule has 2 atom stereocenters. The summed E-state index contributed by atoms with van der Waals surface area (Å²) in [6, 6.07) is 3.74. The highest BCUT2D eigenvalue weighted by Crippen LogP contribution is 2.29. The zero-order valence-corrected chi connectivity index (χ0v) is 13.5. The van der Waals surface area contributed by atoms with Crippen LogP contribution in [0.5, 0.6) is 0 Å². The Labute approximate surface area is 129 Å². The van der Waals surface area contributed by atoms with E-state index >= 15 is 0 Å². The standard InChI is InChI=1S/C14H18ClNO4S/c1-9-5-6-16(8-10(9)2)21(19,20)11-3-4-12(14(17)18)13(15)7-11/h3-4,7,9-10H,5-6,8H2,1-2H3,(H,17,18). The number of carboxylic acids is 1. The van der Waals surface area contributed by atoms with Gasteiger partial charge in [0.1, 0.15) is 0 Å². The predicted octanol–water partition coefficient (Wildman–Crippen LogP) is 2.70. The Bertz CT molecular complexity index is 659. The van der Waals surface area contributed by atoms with E-state index < -0.39 is 16.0 Å². The van der Waals surface area contributed by atoms with Crippen molar-refractivity contribution in [2.24, 2.45) is 11.8 Å². The number of hydrogen-bond acceptors (Lipinski definition) is 3. The van der Waals surface area contributed by atoms with E-state index in [9.17, 15) is 13.2 Å². The molecule has 1 saturated heterocycles. The molecule has 2 unspecified atom stereocenters. The zero-order valence-electron chi connectivity index (χ0n) is 11.9. The molecular formula is C14H18ClNO4S. The molecule has 1 aromatic rings. The molecular weight excluding hydrogens is 314 g/mol. The van der Waals surface area contributed by atoms with Crippen LogP contribution in [0.25, 0.3) is 0 Å². The second-order valence-electron chi connectivity index (χ2n) is 5.55. The van der Waals surface area contributed by atoms with E-state index in [1.165, 1.54) is 22.5 Å². The van der Waals surface area contributed by atoms with Crippen LogP contribution in [0.15, 0.2) is 23.1 Å². The van der Waals surface area contributed by atoms with Crippen molar-refractivity contribution in [3.05, 3.63) is 28.8 Å². The fourth-order valence-corrected chi connectivity index (χ4v) is 4.33. The maximum absolute atomic E-state index is 12.6. The van der Waals surface area contributed by atoms with Crippen molar-refractivity contribution in [3.63, 3.8) is 0 Å². The molecule has 1 aromatic carbocycles. The number of benzene rings is 1. The first-order valence-electron chi connectivity index (χ1n) is 6.76. The van der Waals surface area contributed by atoms with Crippen LogP contribution in [0.2, 0.25) is 5.02 Å². The summed E-state index contributed by atoms with van der Waals surface area (Å²) in [5.41, 5.74) is -0.101. The van der Waals surface area contributed by atoms with E-state index in [1.807, 2.05) is 6.92 Å². The number of rotatable bonds is 3. The molecule has 0 aliphatic carbocycles. The Hall–Kier alpha value is -1.11. The van der Waals surface area contributed by atoms with E-state index in [1.54, 1.807) is 0 Å². The van der Waals surface area contributed by atoms with E-state index in [0.29, 0.717) is 24.9 Å². The number of halogens is 1. The Morgan fingerprint density at radius 2 is 2.00 bits per heavy atom. The second kappa shape index (κ2) is 5.94. The minimum Gasteiger partial charge on any atom is -0.478 e. The number of carbonyl (C=O) groups is 1. The van der Waals surface area contributed by atoms with Crippen LogP contribution in [-0.4, -0.2) is 36.9 Å². The summed E-state index contributed by atoms with van der Waals surface area (Å²) >= 11 is 5.86. The van der Waals surface area contributed by atoms with Crippen LogP contribution in [0, 0.1) is 11.8 Å². The van der Waals surface area contributed by atoms with Gasteiger partial charge in [0.25, 0.3) is 0 Å². The van der Waals surface area contributed by atoms with Crippen molar-refractivity contribution in [2.45, 2.75) is 25.2 Å². The molecule has 21 heavy (non-hydrogen) atoms. The maximum atomic E-state index is 12.6. The maximum Gasteiger partial charge on any atom is 0.337 e. The van der Waals surface area contributed by atoms with Gasteiger partial charge < -0.3 is 5.11 Å². The molecule has 0 bridgehead atoms. The quantitative estimate of drug-likeness (QED) is 0.924. The van der Waals surface area contributed by atoms with E-state index in [-0.39, 0.29) is 15.5 Å². The number of piperidine rings is 1. The van der Waals surface area contributed by atoms with Crippen molar-refractivity contribution in [1.29, 1.82) is 0 Å². The predicted molar refractivity (Wildman–Crippen MR) is 80.1 cm³/mol. The molecule has 116 valence electrons. The third kappa shape index (κ3) is 3.22. The Morgan fingerprint density at radius 1 is 1.33 bits per heavy atom. The third-order valence-corrected chi connectivity index (χ3v) is 6.28. The van der Waals surface area contributed by atoms with Crippen LogP contribution in [0.1, 0.15) is 30.6 Å². The van der Waals surface area contributed by atoms with Crippen molar-refractivity contribution in [2.75, 3.05) is 13.1 Å². The highest BCUT2D eigenvalue weighted by atomic mass is 35.5. The normalized spacial score (nSPS) is 24.0. The van der Waals surface area contributed by atoms with Crippen molar-refractivity contribution >= 4 is 27.6 Å². The van der Waals surface area contributed by atoms with Gasteiger partial charge in [0.2, 0.25) is 10.0 Å². The summed E-state index contributed by atoms with van der Waals surface area (Å²) in [5, 5.41) is 8.86. The number of hydrogen-bond donors (Lipinski definition) is 1. The van der Waals surface area contributed by atoms with Crippen LogP contribution >= 0.6 is 11.6 Å². The summed E-state index contributed by atoms with van der Waals surface area (Å²) in [4.78, 5) is 11.0. The SMILES string of the molecule is CC1CCN(S(=O)(=O)c2ccc(C(=O)O)c(Cl)c2)CC1C. The molecule has 1 heterocycles. The first-order chi connectivity index (χ1) is 9.73. The van der Waals surface area contributed by atoms with Crippen LogP contribution in [0.3, 0.4) is 0 Å². The molecule has 0 radical (unpaired) electrons. The number of aromatic carboxylic acids is 1. The van der Waals surface area contributed by atoms with E-state index in [4.69, 9.17) is 16.7 Å². The smallest absolute Gasteiger partial charge is 0.337 e. The number of carboxylic acid groups (broad SMARTS) is 1. The number of sulfonamides is 1. The molecule has 0 spiro atoms. The fourth-order valence-electron chi connectivity index (χ4n) is 2.42. The van der Waals surface area contributed by atoms with Crippen molar-refractivity contribution in [1.82, 2.24) is 4.31 Å². The molecule has 0 amide bonds. The van der Waals surface area contributed by atoms with Gasteiger partial charge in [-0.05, 0) is 36.5 Å². The molecule has 7 heteroatoms. The lowest BCUT2D eigenvalue weighted by molar-refractivity contribution is 0.0697. The first-order valence-corrected chi connectivity index (χ1v) is 8.58. The van der Waals surface area contributed by atoms with Gasteiger partial charge in [-0.2, -0.15) is 4.31 Å². The first kappa shape index (κ1) is 16.3. The lowest BCUT2D eigenvalue weighted by Gasteiger charge is -2.34. The average molecular weight is 332 g/mol. The Balaban J connectivity index is 2.32. The average Bonchev–Trinajstić information content (AvgIpc) is 2.41. The third-order valence-electron chi connectivity index (χ3n) is 4.11. The molecule has 1 aliphatic rings. The van der Waals surface area contributed by atoms with Gasteiger partial charge in [0.15, 0.2) is 0 Å². The topological polar surface area (TPSA) is 74.7 Å². The highest BCUT2D eigenvalue weighted by Gasteiger charge is 2.32. The molecule has 0 aromatic heterocycles. The molecule has 5 nitrogen and oxygen atoms in total. The lowest BCUT2D eigenvalue weighted by atomic mass is 9.90. The summed E-state index contributed by atoms with van der Waals surface area (Å²) in [5.74, 6) is -0.388. The molecule has 1 aliphatic heterocycles. The summed E-state index contributed by atoms with van der Waals surface area (Å²) in [7, 11) is -3.63. The van der Waals surface area contributed by atoms with E-state index in [0.717, 1.165) is 6.42 Å². The van der Waals surface area contributed by atoms with Gasteiger partial charge in [-0.15, -0.1) is 0 Å². The zero-order chi connectivity index (χ0) is 15.8. The van der Waals surface area contributed by atoms with Gasteiger partial charge in [-0.3, -0.25) is 0 Å². The van der Waals surface area contributed by atoms with Gasteiger partial charge >= 0.3 is 5.97 Å². The number of nitrogens with zero attached hydrogens (tertiary/aromatic N) is 1. The largest absolute Gasteiger partial charge is 0.478 e. The summed E-state index contributed by atoms with van der Waals surface area (Å²) in [6.07, 6.45) is 0.821. The van der Waals surface area contributed by atoms with Crippen molar-refractivity contribution < 1.29 is 18.3 Å². The fraction of sp³-hybridized carbons (Fsp3) is 0.500. The van der Waals surface area contributed by atoms with Gasteiger partial charge in [-0.1, -0.05) is 25.4 Å². The second-order valence-corrected chi connectivity index (χ2v) is 7.90. The van der Waals surface area contributed by atoms with Gasteiger partial charge in [0.05, 0.1) is 15.5 Å². The summed E-state index contributed by atoms with van der Waals surface area (Å²) in [6.45, 7) is 5.11. The Morgan fingerprint density at radius 3 is 2.52 bits per heavy atom. The van der Waals surface area contributed by atoms with Crippen LogP contribution in [0.4, 0.5) is 0 Å². The molecule has 1 fully saturated rings. The highest BCUT2D eigenvalue weighted by molar-refractivity contribution is 7.89. The minimum atomic E-state index is -3.63. The molecule has 0 saturated carbocycles.